The minimum Gasteiger partial charge on any atom is -0.356 e. The van der Waals surface area contributed by atoms with Gasteiger partial charge in [0.2, 0.25) is 5.78 Å². The fourth-order valence-electron chi connectivity index (χ4n) is 4.04. The van der Waals surface area contributed by atoms with E-state index in [-0.39, 0.29) is 12.0 Å². The third-order valence-corrected chi connectivity index (χ3v) is 5.71. The van der Waals surface area contributed by atoms with E-state index in [9.17, 15) is 22.8 Å². The van der Waals surface area contributed by atoms with Gasteiger partial charge in [0.15, 0.2) is 5.76 Å². The number of amides is 1. The number of nitrogens with zero attached hydrogens (tertiary/aromatic N) is 1. The Balaban J connectivity index is 1.52. The van der Waals surface area contributed by atoms with Gasteiger partial charge in [-0.2, -0.15) is 13.2 Å². The lowest BCUT2D eigenvalue weighted by atomic mass is 9.60. The number of hydrogen-bond donors (Lipinski definition) is 1. The molecule has 1 aliphatic rings. The van der Waals surface area contributed by atoms with Crippen LogP contribution in [0, 0.1) is 0 Å². The standard InChI is InChI=1S/C23H19F3N2O3/c24-23(25,26)18-8-2-1-7-17(18)22(10-4-11-22)14-19(29)21(30)28-16-6-3-5-15(13-16)20-9-12-27-31-20/h1-3,5-9,12-13H,4,10-11,14H2,(H,28,30). The third kappa shape index (κ3) is 4.23. The van der Waals surface area contributed by atoms with Gasteiger partial charge in [-0.15, -0.1) is 0 Å². The van der Waals surface area contributed by atoms with Gasteiger partial charge < -0.3 is 9.84 Å². The van der Waals surface area contributed by atoms with Crippen LogP contribution in [0.1, 0.15) is 36.8 Å². The molecule has 160 valence electrons. The average molecular weight is 428 g/mol. The zero-order valence-electron chi connectivity index (χ0n) is 16.4. The molecule has 5 nitrogen and oxygen atoms in total. The number of nitrogens with one attached hydrogen (secondary N) is 1. The number of halogens is 3. The second-order valence-electron chi connectivity index (χ2n) is 7.69. The Kier molecular flexibility index (Phi) is 5.39. The molecular formula is C23H19F3N2O3. The number of anilines is 1. The number of ketones is 1. The van der Waals surface area contributed by atoms with Crippen LogP contribution in [0.25, 0.3) is 11.3 Å². The van der Waals surface area contributed by atoms with E-state index >= 15 is 0 Å². The summed E-state index contributed by atoms with van der Waals surface area (Å²) in [7, 11) is 0. The van der Waals surface area contributed by atoms with E-state index in [1.807, 2.05) is 0 Å². The fraction of sp³-hybridized carbons (Fsp3) is 0.261. The highest BCUT2D eigenvalue weighted by atomic mass is 19.4. The number of Topliss-reactive ketones (excluding diaryl/α,β-unsaturated/α-hetero) is 1. The van der Waals surface area contributed by atoms with Crippen molar-refractivity contribution in [2.45, 2.75) is 37.3 Å². The SMILES string of the molecule is O=C(CC1(c2ccccc2C(F)(F)F)CCC1)C(=O)Nc1cccc(-c2ccno2)c1. The molecule has 0 aliphatic heterocycles. The molecule has 1 aliphatic carbocycles. The van der Waals surface area contributed by atoms with Crippen molar-refractivity contribution in [1.82, 2.24) is 5.16 Å². The summed E-state index contributed by atoms with van der Waals surface area (Å²) in [5.74, 6) is -1.10. The summed E-state index contributed by atoms with van der Waals surface area (Å²) < 4.78 is 45.6. The molecule has 3 aromatic rings. The van der Waals surface area contributed by atoms with E-state index in [0.29, 0.717) is 36.3 Å². The summed E-state index contributed by atoms with van der Waals surface area (Å²) in [5, 5.41) is 6.17. The van der Waals surface area contributed by atoms with E-state index in [4.69, 9.17) is 4.52 Å². The summed E-state index contributed by atoms with van der Waals surface area (Å²) >= 11 is 0. The number of rotatable bonds is 6. The molecule has 31 heavy (non-hydrogen) atoms. The maximum atomic E-state index is 13.5. The van der Waals surface area contributed by atoms with Gasteiger partial charge in [0.1, 0.15) is 0 Å². The molecule has 0 saturated heterocycles. The molecule has 1 saturated carbocycles. The molecule has 1 amide bonds. The molecule has 1 N–H and O–H groups in total. The number of alkyl halides is 3. The van der Waals surface area contributed by atoms with Crippen LogP contribution in [-0.4, -0.2) is 16.8 Å². The van der Waals surface area contributed by atoms with Crippen molar-refractivity contribution in [1.29, 1.82) is 0 Å². The molecule has 8 heteroatoms. The number of carbonyl (C=O) groups excluding carboxylic acids is 2. The first kappa shape index (κ1) is 20.8. The molecule has 0 spiro atoms. The lowest BCUT2D eigenvalue weighted by molar-refractivity contribution is -0.140. The summed E-state index contributed by atoms with van der Waals surface area (Å²) in [6.07, 6.45) is -1.74. The van der Waals surface area contributed by atoms with Crippen molar-refractivity contribution in [2.75, 3.05) is 5.32 Å². The van der Waals surface area contributed by atoms with Crippen LogP contribution >= 0.6 is 0 Å². The summed E-state index contributed by atoms with van der Waals surface area (Å²) in [4.78, 5) is 25.2. The maximum Gasteiger partial charge on any atom is 0.416 e. The molecular weight excluding hydrogens is 409 g/mol. The largest absolute Gasteiger partial charge is 0.416 e. The Hall–Kier alpha value is -3.42. The Bertz CT molecular complexity index is 1100. The van der Waals surface area contributed by atoms with Crippen LogP contribution in [0.2, 0.25) is 0 Å². The first-order valence-corrected chi connectivity index (χ1v) is 9.81. The zero-order valence-corrected chi connectivity index (χ0v) is 16.4. The Labute approximate surface area is 176 Å². The molecule has 0 atom stereocenters. The van der Waals surface area contributed by atoms with Crippen molar-refractivity contribution in [2.24, 2.45) is 0 Å². The Morgan fingerprint density at radius 2 is 1.84 bits per heavy atom. The molecule has 0 bridgehead atoms. The second-order valence-corrected chi connectivity index (χ2v) is 7.69. The topological polar surface area (TPSA) is 72.2 Å². The van der Waals surface area contributed by atoms with Crippen molar-refractivity contribution in [3.05, 3.63) is 71.9 Å². The highest BCUT2D eigenvalue weighted by Crippen LogP contribution is 2.50. The molecule has 1 aromatic heterocycles. The van der Waals surface area contributed by atoms with Gasteiger partial charge >= 0.3 is 6.18 Å². The van der Waals surface area contributed by atoms with Crippen LogP contribution in [0.15, 0.2) is 65.3 Å². The first-order valence-electron chi connectivity index (χ1n) is 9.81. The van der Waals surface area contributed by atoms with Crippen LogP contribution in [-0.2, 0) is 21.2 Å². The van der Waals surface area contributed by atoms with E-state index in [0.717, 1.165) is 6.07 Å². The minimum absolute atomic E-state index is 0.0854. The van der Waals surface area contributed by atoms with Gasteiger partial charge in [-0.3, -0.25) is 9.59 Å². The van der Waals surface area contributed by atoms with E-state index in [1.54, 1.807) is 30.3 Å². The summed E-state index contributed by atoms with van der Waals surface area (Å²) in [6, 6.07) is 13.6. The van der Waals surface area contributed by atoms with Crippen molar-refractivity contribution >= 4 is 17.4 Å². The smallest absolute Gasteiger partial charge is 0.356 e. The number of benzene rings is 2. The first-order chi connectivity index (χ1) is 14.8. The molecule has 4 rings (SSSR count). The van der Waals surface area contributed by atoms with Gasteiger partial charge in [0.25, 0.3) is 5.91 Å². The van der Waals surface area contributed by atoms with Gasteiger partial charge in [-0.25, -0.2) is 0 Å². The Morgan fingerprint density at radius 3 is 2.48 bits per heavy atom. The predicted octanol–water partition coefficient (Wildman–Crippen LogP) is 5.38. The summed E-state index contributed by atoms with van der Waals surface area (Å²) in [6.45, 7) is 0. The molecule has 0 radical (unpaired) electrons. The second kappa shape index (κ2) is 8.02. The van der Waals surface area contributed by atoms with Crippen LogP contribution in [0.3, 0.4) is 0 Å². The lowest BCUT2D eigenvalue weighted by Gasteiger charge is -2.43. The van der Waals surface area contributed by atoms with E-state index < -0.39 is 28.8 Å². The predicted molar refractivity (Wildman–Crippen MR) is 107 cm³/mol. The van der Waals surface area contributed by atoms with Gasteiger partial charge in [-0.1, -0.05) is 41.9 Å². The minimum atomic E-state index is -4.52. The van der Waals surface area contributed by atoms with Crippen molar-refractivity contribution in [3.63, 3.8) is 0 Å². The van der Waals surface area contributed by atoms with Gasteiger partial charge in [-0.05, 0) is 36.6 Å². The highest BCUT2D eigenvalue weighted by Gasteiger charge is 2.46. The normalized spacial score (nSPS) is 15.2. The van der Waals surface area contributed by atoms with E-state index in [1.165, 1.54) is 24.4 Å². The molecule has 0 unspecified atom stereocenters. The molecule has 2 aromatic carbocycles. The van der Waals surface area contributed by atoms with Crippen LogP contribution in [0.4, 0.5) is 18.9 Å². The van der Waals surface area contributed by atoms with Crippen molar-refractivity contribution < 1.29 is 27.3 Å². The third-order valence-electron chi connectivity index (χ3n) is 5.71. The van der Waals surface area contributed by atoms with Crippen LogP contribution < -0.4 is 5.32 Å². The quantitative estimate of drug-likeness (QED) is 0.535. The highest BCUT2D eigenvalue weighted by molar-refractivity contribution is 6.40. The molecule has 1 fully saturated rings. The molecule has 1 heterocycles. The van der Waals surface area contributed by atoms with E-state index in [2.05, 4.69) is 10.5 Å². The fourth-order valence-corrected chi connectivity index (χ4v) is 4.04. The van der Waals surface area contributed by atoms with Gasteiger partial charge in [0, 0.05) is 29.2 Å². The number of carbonyl (C=O) groups is 2. The van der Waals surface area contributed by atoms with Gasteiger partial charge in [0.05, 0.1) is 11.8 Å². The van der Waals surface area contributed by atoms with Crippen LogP contribution in [0.5, 0.6) is 0 Å². The number of aromatic nitrogens is 1. The maximum absolute atomic E-state index is 13.5. The number of hydrogen-bond acceptors (Lipinski definition) is 4. The average Bonchev–Trinajstić information content (AvgIpc) is 3.25. The summed E-state index contributed by atoms with van der Waals surface area (Å²) in [5.41, 5.74) is -0.588. The lowest BCUT2D eigenvalue weighted by Crippen LogP contribution is -2.41. The Morgan fingerprint density at radius 1 is 1.06 bits per heavy atom. The monoisotopic (exact) mass is 428 g/mol. The van der Waals surface area contributed by atoms with Crippen molar-refractivity contribution in [3.8, 4) is 11.3 Å². The zero-order chi connectivity index (χ0) is 22.1.